The van der Waals surface area contributed by atoms with E-state index >= 15 is 0 Å². The first-order valence-corrected chi connectivity index (χ1v) is 5.08. The normalized spacial score (nSPS) is 9.17. The molecule has 0 saturated carbocycles. The standard InChI is InChI=1S/C11H21N/c1-3-5-7-8-9-11-12-10-6-4-2/h12H,3-7,10-11H2,1-2H3. The van der Waals surface area contributed by atoms with Gasteiger partial charge >= 0.3 is 0 Å². The first-order valence-electron chi connectivity index (χ1n) is 5.08. The Morgan fingerprint density at radius 1 is 1.00 bits per heavy atom. The SMILES string of the molecule is CCCCC#CCNCCCC. The largest absolute Gasteiger partial charge is 0.306 e. The van der Waals surface area contributed by atoms with E-state index in [9.17, 15) is 0 Å². The van der Waals surface area contributed by atoms with Crippen molar-refractivity contribution in [1.29, 1.82) is 0 Å². The van der Waals surface area contributed by atoms with Crippen molar-refractivity contribution in [1.82, 2.24) is 5.32 Å². The van der Waals surface area contributed by atoms with Crippen LogP contribution in [0.15, 0.2) is 0 Å². The zero-order valence-electron chi connectivity index (χ0n) is 8.45. The van der Waals surface area contributed by atoms with Crippen molar-refractivity contribution in [3.63, 3.8) is 0 Å². The molecule has 0 aliphatic heterocycles. The van der Waals surface area contributed by atoms with Crippen molar-refractivity contribution in [2.45, 2.75) is 46.0 Å². The van der Waals surface area contributed by atoms with Crippen LogP contribution in [-0.2, 0) is 0 Å². The Hall–Kier alpha value is -0.480. The number of hydrogen-bond acceptors (Lipinski definition) is 1. The molecule has 0 heterocycles. The molecule has 0 aliphatic carbocycles. The van der Waals surface area contributed by atoms with E-state index in [4.69, 9.17) is 0 Å². The minimum atomic E-state index is 0.865. The molecular weight excluding hydrogens is 146 g/mol. The second kappa shape index (κ2) is 10.5. The van der Waals surface area contributed by atoms with Gasteiger partial charge in [0.1, 0.15) is 0 Å². The van der Waals surface area contributed by atoms with E-state index in [1.807, 2.05) is 0 Å². The minimum Gasteiger partial charge on any atom is -0.306 e. The van der Waals surface area contributed by atoms with Crippen molar-refractivity contribution >= 4 is 0 Å². The third-order valence-electron chi connectivity index (χ3n) is 1.70. The quantitative estimate of drug-likeness (QED) is 0.473. The van der Waals surface area contributed by atoms with Crippen LogP contribution >= 0.6 is 0 Å². The lowest BCUT2D eigenvalue weighted by atomic mass is 10.2. The molecule has 0 atom stereocenters. The van der Waals surface area contributed by atoms with Gasteiger partial charge in [0.05, 0.1) is 6.54 Å². The number of unbranched alkanes of at least 4 members (excludes halogenated alkanes) is 3. The first-order chi connectivity index (χ1) is 5.91. The summed E-state index contributed by atoms with van der Waals surface area (Å²) in [6.45, 7) is 6.37. The molecule has 0 aromatic heterocycles. The van der Waals surface area contributed by atoms with E-state index in [1.165, 1.54) is 25.7 Å². The van der Waals surface area contributed by atoms with Crippen LogP contribution in [-0.4, -0.2) is 13.1 Å². The summed E-state index contributed by atoms with van der Waals surface area (Å²) in [6, 6.07) is 0. The Morgan fingerprint density at radius 3 is 2.42 bits per heavy atom. The molecule has 0 bridgehead atoms. The van der Waals surface area contributed by atoms with Crippen molar-refractivity contribution in [3.05, 3.63) is 0 Å². The molecule has 0 unspecified atom stereocenters. The van der Waals surface area contributed by atoms with E-state index in [2.05, 4.69) is 31.0 Å². The summed E-state index contributed by atoms with van der Waals surface area (Å²) in [5.41, 5.74) is 0. The molecule has 0 radical (unpaired) electrons. The summed E-state index contributed by atoms with van der Waals surface area (Å²) in [5.74, 6) is 6.27. The highest BCUT2D eigenvalue weighted by Crippen LogP contribution is 1.89. The molecule has 70 valence electrons. The summed E-state index contributed by atoms with van der Waals surface area (Å²) < 4.78 is 0. The monoisotopic (exact) mass is 167 g/mol. The Kier molecular flexibility index (Phi) is 10.1. The molecule has 1 heteroatoms. The fourth-order valence-corrected chi connectivity index (χ4v) is 0.869. The predicted molar refractivity (Wildman–Crippen MR) is 55.1 cm³/mol. The van der Waals surface area contributed by atoms with E-state index < -0.39 is 0 Å². The van der Waals surface area contributed by atoms with Gasteiger partial charge in [0.2, 0.25) is 0 Å². The fourth-order valence-electron chi connectivity index (χ4n) is 0.869. The van der Waals surface area contributed by atoms with Crippen LogP contribution in [0.5, 0.6) is 0 Å². The summed E-state index contributed by atoms with van der Waals surface area (Å²) in [5, 5.41) is 3.29. The molecular formula is C11H21N. The Bertz CT molecular complexity index is 130. The third kappa shape index (κ3) is 9.52. The van der Waals surface area contributed by atoms with E-state index in [1.54, 1.807) is 0 Å². The van der Waals surface area contributed by atoms with Crippen LogP contribution in [0.2, 0.25) is 0 Å². The maximum atomic E-state index is 3.29. The Balaban J connectivity index is 2.99. The van der Waals surface area contributed by atoms with Gasteiger partial charge in [-0.3, -0.25) is 0 Å². The average molecular weight is 167 g/mol. The van der Waals surface area contributed by atoms with Crippen LogP contribution in [0.1, 0.15) is 46.0 Å². The second-order valence-electron chi connectivity index (χ2n) is 2.99. The summed E-state index contributed by atoms with van der Waals surface area (Å²) in [7, 11) is 0. The topological polar surface area (TPSA) is 12.0 Å². The van der Waals surface area contributed by atoms with E-state index in [-0.39, 0.29) is 0 Å². The molecule has 0 spiro atoms. The zero-order chi connectivity index (χ0) is 9.07. The highest BCUT2D eigenvalue weighted by molar-refractivity contribution is 5.00. The number of hydrogen-bond donors (Lipinski definition) is 1. The van der Waals surface area contributed by atoms with Crippen LogP contribution < -0.4 is 5.32 Å². The van der Waals surface area contributed by atoms with Gasteiger partial charge < -0.3 is 5.32 Å². The van der Waals surface area contributed by atoms with Crippen molar-refractivity contribution in [2.75, 3.05) is 13.1 Å². The molecule has 1 nitrogen and oxygen atoms in total. The minimum absolute atomic E-state index is 0.865. The third-order valence-corrected chi connectivity index (χ3v) is 1.70. The fraction of sp³-hybridized carbons (Fsp3) is 0.818. The van der Waals surface area contributed by atoms with Crippen LogP contribution in [0, 0.1) is 11.8 Å². The lowest BCUT2D eigenvalue weighted by Gasteiger charge is -1.95. The first kappa shape index (κ1) is 11.5. The van der Waals surface area contributed by atoms with Gasteiger partial charge in [-0.05, 0) is 19.4 Å². The molecule has 0 saturated heterocycles. The van der Waals surface area contributed by atoms with Crippen molar-refractivity contribution in [2.24, 2.45) is 0 Å². The second-order valence-corrected chi connectivity index (χ2v) is 2.99. The van der Waals surface area contributed by atoms with Crippen molar-refractivity contribution in [3.8, 4) is 11.8 Å². The Labute approximate surface area is 76.9 Å². The molecule has 0 aromatic carbocycles. The molecule has 1 N–H and O–H groups in total. The van der Waals surface area contributed by atoms with Gasteiger partial charge in [-0.1, -0.05) is 32.6 Å². The highest BCUT2D eigenvalue weighted by atomic mass is 14.8. The van der Waals surface area contributed by atoms with E-state index in [0.717, 1.165) is 19.5 Å². The van der Waals surface area contributed by atoms with Crippen LogP contribution in [0.3, 0.4) is 0 Å². The van der Waals surface area contributed by atoms with Gasteiger partial charge in [0.15, 0.2) is 0 Å². The molecule has 0 amide bonds. The van der Waals surface area contributed by atoms with E-state index in [0.29, 0.717) is 0 Å². The van der Waals surface area contributed by atoms with Crippen LogP contribution in [0.4, 0.5) is 0 Å². The highest BCUT2D eigenvalue weighted by Gasteiger charge is 1.80. The van der Waals surface area contributed by atoms with Crippen molar-refractivity contribution < 1.29 is 0 Å². The molecule has 0 fully saturated rings. The summed E-state index contributed by atoms with van der Waals surface area (Å²) in [4.78, 5) is 0. The molecule has 0 aliphatic rings. The number of nitrogens with one attached hydrogen (secondary N) is 1. The number of rotatable bonds is 6. The maximum absolute atomic E-state index is 3.29. The smallest absolute Gasteiger partial charge is 0.0576 e. The summed E-state index contributed by atoms with van der Waals surface area (Å²) in [6.07, 6.45) is 6.07. The van der Waals surface area contributed by atoms with Crippen LogP contribution in [0.25, 0.3) is 0 Å². The maximum Gasteiger partial charge on any atom is 0.0576 e. The average Bonchev–Trinajstić information content (AvgIpc) is 2.10. The summed E-state index contributed by atoms with van der Waals surface area (Å²) >= 11 is 0. The van der Waals surface area contributed by atoms with Gasteiger partial charge in [-0.15, -0.1) is 5.92 Å². The zero-order valence-corrected chi connectivity index (χ0v) is 8.45. The lowest BCUT2D eigenvalue weighted by molar-refractivity contribution is 0.686. The van der Waals surface area contributed by atoms with Gasteiger partial charge in [0, 0.05) is 6.42 Å². The van der Waals surface area contributed by atoms with Gasteiger partial charge in [-0.25, -0.2) is 0 Å². The molecule has 0 aromatic rings. The molecule has 0 rings (SSSR count). The Morgan fingerprint density at radius 2 is 1.75 bits per heavy atom. The lowest BCUT2D eigenvalue weighted by Crippen LogP contribution is -2.14. The van der Waals surface area contributed by atoms with Gasteiger partial charge in [-0.2, -0.15) is 0 Å². The van der Waals surface area contributed by atoms with Gasteiger partial charge in [0.25, 0.3) is 0 Å². The predicted octanol–water partition coefficient (Wildman–Crippen LogP) is 2.57. The molecule has 12 heavy (non-hydrogen) atoms.